The summed E-state index contributed by atoms with van der Waals surface area (Å²) in [7, 11) is 0. The third-order valence-corrected chi connectivity index (χ3v) is 5.37. The number of hydrogen-bond donors (Lipinski definition) is 0. The van der Waals surface area contributed by atoms with E-state index in [4.69, 9.17) is 9.47 Å². The van der Waals surface area contributed by atoms with Crippen molar-refractivity contribution in [1.29, 1.82) is 0 Å². The molecule has 0 aromatic heterocycles. The highest BCUT2D eigenvalue weighted by atomic mass is 16.5. The number of amides is 1. The zero-order chi connectivity index (χ0) is 22.7. The molecule has 0 radical (unpaired) electrons. The molecule has 6 heteroatoms. The van der Waals surface area contributed by atoms with Gasteiger partial charge in [-0.2, -0.15) is 0 Å². The van der Waals surface area contributed by atoms with Crippen LogP contribution in [0, 0.1) is 0 Å². The topological polar surface area (TPSA) is 72.9 Å². The van der Waals surface area contributed by atoms with Gasteiger partial charge in [0.05, 0.1) is 5.56 Å². The Labute approximate surface area is 186 Å². The monoisotopic (exact) mass is 429 g/mol. The molecule has 1 heterocycles. The number of benzene rings is 3. The van der Waals surface area contributed by atoms with Crippen molar-refractivity contribution in [1.82, 2.24) is 0 Å². The maximum absolute atomic E-state index is 12.7. The average molecular weight is 429 g/mol. The molecule has 0 saturated carbocycles. The van der Waals surface area contributed by atoms with Crippen LogP contribution in [0.4, 0.5) is 5.69 Å². The standard InChI is InChI=1S/C26H23NO5/c1-17-15-22-5-3-4-6-24(22)27(17)25(29)16-31-26(30)21-9-7-19(8-10-21)20-11-13-23(14-12-20)32-18(2)28/h3-14,17H,15-16H2,1-2H3/t17-/m1/s1. The van der Waals surface area contributed by atoms with E-state index in [9.17, 15) is 14.4 Å². The van der Waals surface area contributed by atoms with Crippen LogP contribution in [0.2, 0.25) is 0 Å². The van der Waals surface area contributed by atoms with Crippen LogP contribution >= 0.6 is 0 Å². The molecule has 0 unspecified atom stereocenters. The number of esters is 2. The largest absolute Gasteiger partial charge is 0.452 e. The van der Waals surface area contributed by atoms with E-state index in [0.29, 0.717) is 11.3 Å². The minimum Gasteiger partial charge on any atom is -0.452 e. The highest BCUT2D eigenvalue weighted by Crippen LogP contribution is 2.31. The molecule has 6 nitrogen and oxygen atoms in total. The summed E-state index contributed by atoms with van der Waals surface area (Å²) in [5.74, 6) is -0.681. The summed E-state index contributed by atoms with van der Waals surface area (Å²) >= 11 is 0. The van der Waals surface area contributed by atoms with Gasteiger partial charge in [-0.3, -0.25) is 9.59 Å². The quantitative estimate of drug-likeness (QED) is 0.444. The molecule has 32 heavy (non-hydrogen) atoms. The van der Waals surface area contributed by atoms with Gasteiger partial charge in [-0.15, -0.1) is 0 Å². The Bertz CT molecular complexity index is 1150. The number of anilines is 1. The first-order chi connectivity index (χ1) is 15.4. The zero-order valence-corrected chi connectivity index (χ0v) is 17.9. The van der Waals surface area contributed by atoms with Crippen molar-refractivity contribution >= 4 is 23.5 Å². The maximum Gasteiger partial charge on any atom is 0.338 e. The summed E-state index contributed by atoms with van der Waals surface area (Å²) in [5.41, 5.74) is 4.18. The first-order valence-electron chi connectivity index (χ1n) is 10.4. The second kappa shape index (κ2) is 9.06. The van der Waals surface area contributed by atoms with Crippen LogP contribution in [0.3, 0.4) is 0 Å². The van der Waals surface area contributed by atoms with Gasteiger partial charge in [0.15, 0.2) is 6.61 Å². The van der Waals surface area contributed by atoms with E-state index in [1.54, 1.807) is 41.3 Å². The van der Waals surface area contributed by atoms with E-state index >= 15 is 0 Å². The molecule has 0 N–H and O–H groups in total. The third kappa shape index (κ3) is 4.54. The molecule has 0 bridgehead atoms. The molecule has 0 aliphatic carbocycles. The van der Waals surface area contributed by atoms with Crippen molar-refractivity contribution in [2.45, 2.75) is 26.3 Å². The minimum absolute atomic E-state index is 0.0325. The van der Waals surface area contributed by atoms with E-state index in [1.165, 1.54) is 6.92 Å². The summed E-state index contributed by atoms with van der Waals surface area (Å²) in [6.45, 7) is 3.03. The predicted molar refractivity (Wildman–Crippen MR) is 121 cm³/mol. The van der Waals surface area contributed by atoms with Crippen molar-refractivity contribution in [3.63, 3.8) is 0 Å². The average Bonchev–Trinajstić information content (AvgIpc) is 3.13. The second-order valence-electron chi connectivity index (χ2n) is 7.72. The number of fused-ring (bicyclic) bond motifs is 1. The van der Waals surface area contributed by atoms with E-state index in [1.807, 2.05) is 43.3 Å². The first-order valence-corrected chi connectivity index (χ1v) is 10.4. The number of ether oxygens (including phenoxy) is 2. The van der Waals surface area contributed by atoms with Crippen LogP contribution in [-0.4, -0.2) is 30.5 Å². The number of nitrogens with zero attached hydrogens (tertiary/aromatic N) is 1. The highest BCUT2D eigenvalue weighted by Gasteiger charge is 2.31. The number of hydrogen-bond acceptors (Lipinski definition) is 5. The summed E-state index contributed by atoms with van der Waals surface area (Å²) < 4.78 is 10.3. The lowest BCUT2D eigenvalue weighted by atomic mass is 10.0. The van der Waals surface area contributed by atoms with Gasteiger partial charge >= 0.3 is 11.9 Å². The number of carbonyl (C=O) groups excluding carboxylic acids is 3. The molecule has 0 fully saturated rings. The third-order valence-electron chi connectivity index (χ3n) is 5.37. The Morgan fingerprint density at radius 2 is 1.53 bits per heavy atom. The fourth-order valence-corrected chi connectivity index (χ4v) is 3.91. The summed E-state index contributed by atoms with van der Waals surface area (Å²) in [4.78, 5) is 37.9. The van der Waals surface area contributed by atoms with Crippen LogP contribution in [0.25, 0.3) is 11.1 Å². The number of rotatable bonds is 5. The zero-order valence-electron chi connectivity index (χ0n) is 17.9. The van der Waals surface area contributed by atoms with Crippen LogP contribution < -0.4 is 9.64 Å². The Morgan fingerprint density at radius 3 is 2.19 bits per heavy atom. The lowest BCUT2D eigenvalue weighted by Gasteiger charge is -2.22. The van der Waals surface area contributed by atoms with Gasteiger partial charge in [-0.1, -0.05) is 42.5 Å². The maximum atomic E-state index is 12.7. The second-order valence-corrected chi connectivity index (χ2v) is 7.72. The van der Waals surface area contributed by atoms with Crippen LogP contribution in [0.15, 0.2) is 72.8 Å². The van der Waals surface area contributed by atoms with Crippen molar-refractivity contribution in [2.75, 3.05) is 11.5 Å². The molecule has 1 amide bonds. The van der Waals surface area contributed by atoms with Gasteiger partial charge in [-0.05, 0) is 60.4 Å². The molecule has 3 aromatic rings. The van der Waals surface area contributed by atoms with Gasteiger partial charge in [0.25, 0.3) is 5.91 Å². The van der Waals surface area contributed by atoms with E-state index in [2.05, 4.69) is 0 Å². The lowest BCUT2D eigenvalue weighted by molar-refractivity contribution is -0.131. The smallest absolute Gasteiger partial charge is 0.338 e. The normalized spacial score (nSPS) is 14.6. The Morgan fingerprint density at radius 1 is 0.906 bits per heavy atom. The summed E-state index contributed by atoms with van der Waals surface area (Å²) in [6, 6.07) is 21.8. The molecule has 0 spiro atoms. The van der Waals surface area contributed by atoms with Crippen molar-refractivity contribution in [3.05, 3.63) is 83.9 Å². The minimum atomic E-state index is -0.546. The number of carbonyl (C=O) groups is 3. The molecule has 1 aliphatic heterocycles. The molecular weight excluding hydrogens is 406 g/mol. The van der Waals surface area contributed by atoms with Gasteiger partial charge in [-0.25, -0.2) is 4.79 Å². The van der Waals surface area contributed by atoms with Crippen LogP contribution in [0.1, 0.15) is 29.8 Å². The first kappa shape index (κ1) is 21.3. The lowest BCUT2D eigenvalue weighted by Crippen LogP contribution is -2.38. The molecule has 4 rings (SSSR count). The molecular formula is C26H23NO5. The SMILES string of the molecule is CC(=O)Oc1ccc(-c2ccc(C(=O)OCC(=O)N3c4ccccc4C[C@H]3C)cc2)cc1. The van der Waals surface area contributed by atoms with Gasteiger partial charge in [0.1, 0.15) is 5.75 Å². The molecule has 1 atom stereocenters. The fourth-order valence-electron chi connectivity index (χ4n) is 3.91. The Kier molecular flexibility index (Phi) is 6.03. The predicted octanol–water partition coefficient (Wildman–Crippen LogP) is 4.41. The van der Waals surface area contributed by atoms with Crippen molar-refractivity contribution < 1.29 is 23.9 Å². The van der Waals surface area contributed by atoms with Crippen molar-refractivity contribution in [3.8, 4) is 16.9 Å². The van der Waals surface area contributed by atoms with Crippen molar-refractivity contribution in [2.24, 2.45) is 0 Å². The summed E-state index contributed by atoms with van der Waals surface area (Å²) in [6.07, 6.45) is 0.791. The van der Waals surface area contributed by atoms with Gasteiger partial charge in [0, 0.05) is 18.7 Å². The van der Waals surface area contributed by atoms with Gasteiger partial charge in [0.2, 0.25) is 0 Å². The molecule has 0 saturated heterocycles. The highest BCUT2D eigenvalue weighted by molar-refractivity contribution is 5.99. The van der Waals surface area contributed by atoms with Gasteiger partial charge < -0.3 is 14.4 Å². The van der Waals surface area contributed by atoms with E-state index in [0.717, 1.165) is 28.8 Å². The fraction of sp³-hybridized carbons (Fsp3) is 0.192. The molecule has 1 aliphatic rings. The van der Waals surface area contributed by atoms with Crippen LogP contribution in [-0.2, 0) is 20.7 Å². The van der Waals surface area contributed by atoms with Crippen LogP contribution in [0.5, 0.6) is 5.75 Å². The Balaban J connectivity index is 1.37. The summed E-state index contributed by atoms with van der Waals surface area (Å²) in [5, 5.41) is 0. The van der Waals surface area contributed by atoms with E-state index < -0.39 is 5.97 Å². The molecule has 3 aromatic carbocycles. The van der Waals surface area contributed by atoms with E-state index in [-0.39, 0.29) is 24.5 Å². The number of para-hydroxylation sites is 1. The molecule has 162 valence electrons. The Hall–Kier alpha value is -3.93.